The average molecular weight is 432 g/mol. The lowest BCUT2D eigenvalue weighted by Crippen LogP contribution is -2.47. The predicted molar refractivity (Wildman–Crippen MR) is 122 cm³/mol. The number of aromatic nitrogens is 1. The Bertz CT molecular complexity index is 1030. The number of carbonyl (C=O) groups excluding carboxylic acids is 2. The van der Waals surface area contributed by atoms with Gasteiger partial charge in [0.2, 0.25) is 5.91 Å². The van der Waals surface area contributed by atoms with Crippen LogP contribution in [0.5, 0.6) is 0 Å². The highest BCUT2D eigenvalue weighted by Gasteiger charge is 2.35. The summed E-state index contributed by atoms with van der Waals surface area (Å²) in [6.07, 6.45) is 8.53. The van der Waals surface area contributed by atoms with Crippen LogP contribution in [0, 0.1) is 6.92 Å². The van der Waals surface area contributed by atoms with Gasteiger partial charge in [-0.15, -0.1) is 0 Å². The van der Waals surface area contributed by atoms with Crippen molar-refractivity contribution in [2.75, 3.05) is 0 Å². The van der Waals surface area contributed by atoms with Crippen molar-refractivity contribution in [2.24, 2.45) is 0 Å². The molecule has 1 aliphatic carbocycles. The fourth-order valence-corrected chi connectivity index (χ4v) is 4.36. The molecule has 2 aromatic heterocycles. The van der Waals surface area contributed by atoms with Crippen molar-refractivity contribution in [1.29, 1.82) is 0 Å². The zero-order chi connectivity index (χ0) is 22.3. The summed E-state index contributed by atoms with van der Waals surface area (Å²) < 4.78 is 5.55. The molecular formula is C26H29N3O3. The van der Waals surface area contributed by atoms with Gasteiger partial charge in [-0.3, -0.25) is 14.6 Å². The molecule has 2 amide bonds. The highest BCUT2D eigenvalue weighted by molar-refractivity contribution is 5.96. The normalized spacial score (nSPS) is 15.2. The topological polar surface area (TPSA) is 75.4 Å². The molecule has 2 heterocycles. The highest BCUT2D eigenvalue weighted by Crippen LogP contribution is 2.29. The van der Waals surface area contributed by atoms with Gasteiger partial charge in [0.15, 0.2) is 0 Å². The maximum atomic E-state index is 13.7. The number of carbonyl (C=O) groups is 2. The molecule has 0 bridgehead atoms. The minimum atomic E-state index is -0.794. The van der Waals surface area contributed by atoms with E-state index in [1.807, 2.05) is 37.3 Å². The van der Waals surface area contributed by atoms with E-state index in [1.54, 1.807) is 41.6 Å². The summed E-state index contributed by atoms with van der Waals surface area (Å²) in [6.45, 7) is 2.13. The molecule has 0 radical (unpaired) electrons. The van der Waals surface area contributed by atoms with Crippen molar-refractivity contribution < 1.29 is 14.0 Å². The van der Waals surface area contributed by atoms with Gasteiger partial charge in [-0.05, 0) is 55.2 Å². The first-order valence-corrected chi connectivity index (χ1v) is 11.2. The Kier molecular flexibility index (Phi) is 7.00. The van der Waals surface area contributed by atoms with Gasteiger partial charge in [0.1, 0.15) is 17.5 Å². The number of hydrogen-bond acceptors (Lipinski definition) is 4. The lowest BCUT2D eigenvalue weighted by molar-refractivity contribution is -0.127. The molecule has 0 aliphatic heterocycles. The molecular weight excluding hydrogens is 402 g/mol. The van der Waals surface area contributed by atoms with Crippen LogP contribution < -0.4 is 5.32 Å². The fraction of sp³-hybridized carbons (Fsp3) is 0.346. The second-order valence-corrected chi connectivity index (χ2v) is 8.33. The van der Waals surface area contributed by atoms with Crippen LogP contribution in [-0.2, 0) is 11.3 Å². The number of benzene rings is 1. The van der Waals surface area contributed by atoms with E-state index in [0.29, 0.717) is 11.5 Å². The van der Waals surface area contributed by atoms with Crippen LogP contribution in [0.3, 0.4) is 0 Å². The van der Waals surface area contributed by atoms with E-state index in [1.165, 1.54) is 6.42 Å². The molecule has 0 unspecified atom stereocenters. The first-order chi connectivity index (χ1) is 15.6. The summed E-state index contributed by atoms with van der Waals surface area (Å²) in [4.78, 5) is 33.2. The van der Waals surface area contributed by atoms with Gasteiger partial charge in [0.25, 0.3) is 5.91 Å². The van der Waals surface area contributed by atoms with Crippen LogP contribution in [-0.4, -0.2) is 27.7 Å². The molecule has 0 spiro atoms. The Balaban J connectivity index is 1.73. The molecule has 32 heavy (non-hydrogen) atoms. The second kappa shape index (κ2) is 10.3. The number of nitrogens with zero attached hydrogens (tertiary/aromatic N) is 2. The zero-order valence-corrected chi connectivity index (χ0v) is 18.4. The van der Waals surface area contributed by atoms with Gasteiger partial charge < -0.3 is 14.6 Å². The van der Waals surface area contributed by atoms with Crippen LogP contribution in [0.1, 0.15) is 65.5 Å². The maximum absolute atomic E-state index is 13.7. The molecule has 0 saturated heterocycles. The third kappa shape index (κ3) is 5.07. The molecule has 1 N–H and O–H groups in total. The van der Waals surface area contributed by atoms with Gasteiger partial charge in [-0.1, -0.05) is 49.6 Å². The number of furan rings is 1. The monoisotopic (exact) mass is 431 g/mol. The summed E-state index contributed by atoms with van der Waals surface area (Å²) in [6, 6.07) is 15.9. The predicted octanol–water partition coefficient (Wildman–Crippen LogP) is 4.82. The van der Waals surface area contributed by atoms with E-state index >= 15 is 0 Å². The number of aryl methyl sites for hydroxylation is 1. The Morgan fingerprint density at radius 2 is 1.84 bits per heavy atom. The van der Waals surface area contributed by atoms with Crippen LogP contribution in [0.2, 0.25) is 0 Å². The Labute approximate surface area is 188 Å². The Morgan fingerprint density at radius 1 is 1.06 bits per heavy atom. The molecule has 1 aromatic carbocycles. The summed E-state index contributed by atoms with van der Waals surface area (Å²) in [5.74, 6) is 0.134. The van der Waals surface area contributed by atoms with Crippen LogP contribution >= 0.6 is 0 Å². The van der Waals surface area contributed by atoms with Gasteiger partial charge >= 0.3 is 0 Å². The van der Waals surface area contributed by atoms with E-state index in [9.17, 15) is 9.59 Å². The van der Waals surface area contributed by atoms with E-state index in [0.717, 1.165) is 36.8 Å². The van der Waals surface area contributed by atoms with E-state index in [-0.39, 0.29) is 24.4 Å². The minimum absolute atomic E-state index is 0.137. The molecule has 1 fully saturated rings. The van der Waals surface area contributed by atoms with Gasteiger partial charge in [0.05, 0.1) is 12.8 Å². The van der Waals surface area contributed by atoms with E-state index in [2.05, 4.69) is 10.3 Å². The van der Waals surface area contributed by atoms with Gasteiger partial charge in [-0.25, -0.2) is 0 Å². The summed E-state index contributed by atoms with van der Waals surface area (Å²) in [5, 5.41) is 3.23. The largest absolute Gasteiger partial charge is 0.467 e. The SMILES string of the molecule is Cc1ccccc1[C@@H](C(=O)NC1CCCCC1)N(Cc1ccco1)C(=O)c1ccccn1. The summed E-state index contributed by atoms with van der Waals surface area (Å²) in [7, 11) is 0. The molecule has 6 nitrogen and oxygen atoms in total. The van der Waals surface area contributed by atoms with Crippen molar-refractivity contribution in [1.82, 2.24) is 15.2 Å². The molecule has 3 aromatic rings. The van der Waals surface area contributed by atoms with Gasteiger partial charge in [0, 0.05) is 12.2 Å². The molecule has 6 heteroatoms. The maximum Gasteiger partial charge on any atom is 0.273 e. The number of nitrogens with one attached hydrogen (secondary N) is 1. The van der Waals surface area contributed by atoms with E-state index in [4.69, 9.17) is 4.42 Å². The van der Waals surface area contributed by atoms with E-state index < -0.39 is 6.04 Å². The number of amides is 2. The third-order valence-electron chi connectivity index (χ3n) is 6.05. The molecule has 1 saturated carbocycles. The third-order valence-corrected chi connectivity index (χ3v) is 6.05. The van der Waals surface area contributed by atoms with Crippen molar-refractivity contribution in [3.05, 3.63) is 89.6 Å². The molecule has 166 valence electrons. The minimum Gasteiger partial charge on any atom is -0.467 e. The quantitative estimate of drug-likeness (QED) is 0.582. The number of hydrogen-bond donors (Lipinski definition) is 1. The smallest absolute Gasteiger partial charge is 0.273 e. The molecule has 1 aliphatic rings. The van der Waals surface area contributed by atoms with Crippen LogP contribution in [0.25, 0.3) is 0 Å². The van der Waals surface area contributed by atoms with Crippen molar-refractivity contribution >= 4 is 11.8 Å². The van der Waals surface area contributed by atoms with Gasteiger partial charge in [-0.2, -0.15) is 0 Å². The number of rotatable bonds is 7. The fourth-order valence-electron chi connectivity index (χ4n) is 4.36. The van der Waals surface area contributed by atoms with Crippen molar-refractivity contribution in [2.45, 2.75) is 57.7 Å². The highest BCUT2D eigenvalue weighted by atomic mass is 16.3. The first kappa shape index (κ1) is 21.8. The lowest BCUT2D eigenvalue weighted by Gasteiger charge is -2.33. The first-order valence-electron chi connectivity index (χ1n) is 11.2. The van der Waals surface area contributed by atoms with Crippen LogP contribution in [0.4, 0.5) is 0 Å². The second-order valence-electron chi connectivity index (χ2n) is 8.33. The summed E-state index contributed by atoms with van der Waals surface area (Å²) in [5.41, 5.74) is 2.05. The summed E-state index contributed by atoms with van der Waals surface area (Å²) >= 11 is 0. The van der Waals surface area contributed by atoms with Crippen molar-refractivity contribution in [3.8, 4) is 0 Å². The number of pyridine rings is 1. The Hall–Kier alpha value is -3.41. The standard InChI is InChI=1S/C26H29N3O3/c1-19-10-5-6-14-22(19)24(25(30)28-20-11-3-2-4-12-20)29(18-21-13-9-17-32-21)26(31)23-15-7-8-16-27-23/h5-10,13-17,20,24H,2-4,11-12,18H2,1H3,(H,28,30)/t24-/m0/s1. The Morgan fingerprint density at radius 3 is 2.53 bits per heavy atom. The van der Waals surface area contributed by atoms with Crippen LogP contribution in [0.15, 0.2) is 71.5 Å². The molecule has 4 rings (SSSR count). The van der Waals surface area contributed by atoms with Crippen molar-refractivity contribution in [3.63, 3.8) is 0 Å². The average Bonchev–Trinajstić information content (AvgIpc) is 3.34. The lowest BCUT2D eigenvalue weighted by atomic mass is 9.94. The molecule has 1 atom stereocenters. The zero-order valence-electron chi connectivity index (χ0n) is 18.4.